The van der Waals surface area contributed by atoms with Crippen molar-refractivity contribution in [2.45, 2.75) is 20.3 Å². The maximum atomic E-state index is 13.7. The fourth-order valence-electron chi connectivity index (χ4n) is 3.97. The van der Waals surface area contributed by atoms with Gasteiger partial charge in [-0.2, -0.15) is 0 Å². The second-order valence-corrected chi connectivity index (χ2v) is 9.24. The van der Waals surface area contributed by atoms with Crippen LogP contribution < -0.4 is 14.4 Å². The third-order valence-corrected chi connectivity index (χ3v) is 7.10. The van der Waals surface area contributed by atoms with Gasteiger partial charge in [0.25, 0.3) is 5.91 Å². The van der Waals surface area contributed by atoms with Crippen LogP contribution in [-0.4, -0.2) is 69.4 Å². The normalized spacial score (nSPS) is 14.4. The van der Waals surface area contributed by atoms with Crippen molar-refractivity contribution in [3.63, 3.8) is 0 Å². The Morgan fingerprint density at radius 1 is 1.09 bits per heavy atom. The smallest absolute Gasteiger partial charge is 0.260 e. The first-order chi connectivity index (χ1) is 16.0. The largest absolute Gasteiger partial charge is 0.493 e. The summed E-state index contributed by atoms with van der Waals surface area (Å²) in [7, 11) is 3.16. The predicted molar refractivity (Wildman–Crippen MR) is 132 cm³/mol. The summed E-state index contributed by atoms with van der Waals surface area (Å²) >= 11 is 1.56. The molecule has 1 saturated heterocycles. The van der Waals surface area contributed by atoms with Gasteiger partial charge in [0.15, 0.2) is 16.6 Å². The standard InChI is InChI=1S/C25H31N3O4S/c1-17-14-20-23(15-18(17)2)33-25(26-20)28(9-5-8-27-10-12-32-13-11-27)24(29)19-6-7-21(30-3)22(16-19)31-4/h6-7,14-16H,5,8-13H2,1-4H3. The number of aryl methyl sites for hydroxylation is 2. The average Bonchev–Trinajstić information content (AvgIpc) is 3.24. The molecule has 1 aliphatic rings. The number of amides is 1. The first kappa shape index (κ1) is 23.5. The Balaban J connectivity index is 1.62. The summed E-state index contributed by atoms with van der Waals surface area (Å²) in [5.74, 6) is 1.04. The molecule has 1 fully saturated rings. The lowest BCUT2D eigenvalue weighted by Crippen LogP contribution is -2.39. The molecule has 4 rings (SSSR count). The Hall–Kier alpha value is -2.68. The van der Waals surface area contributed by atoms with Gasteiger partial charge in [-0.05, 0) is 61.7 Å². The molecule has 0 atom stereocenters. The van der Waals surface area contributed by atoms with Crippen LogP contribution >= 0.6 is 11.3 Å². The fourth-order valence-corrected chi connectivity index (χ4v) is 5.04. The summed E-state index contributed by atoms with van der Waals surface area (Å²) in [6.45, 7) is 9.10. The number of aromatic nitrogens is 1. The van der Waals surface area contributed by atoms with E-state index in [-0.39, 0.29) is 5.91 Å². The van der Waals surface area contributed by atoms with Gasteiger partial charge in [-0.25, -0.2) is 4.98 Å². The number of ether oxygens (including phenoxy) is 3. The highest BCUT2D eigenvalue weighted by atomic mass is 32.1. The Kier molecular flexibility index (Phi) is 7.47. The molecule has 7 nitrogen and oxygen atoms in total. The molecule has 0 radical (unpaired) electrons. The minimum atomic E-state index is -0.0922. The number of carbonyl (C=O) groups is 1. The van der Waals surface area contributed by atoms with E-state index < -0.39 is 0 Å². The van der Waals surface area contributed by atoms with Gasteiger partial charge in [-0.1, -0.05) is 11.3 Å². The van der Waals surface area contributed by atoms with Gasteiger partial charge in [0.1, 0.15) is 0 Å². The number of anilines is 1. The van der Waals surface area contributed by atoms with Gasteiger partial charge >= 0.3 is 0 Å². The highest BCUT2D eigenvalue weighted by Crippen LogP contribution is 2.33. The monoisotopic (exact) mass is 469 g/mol. The number of thiazole rings is 1. The molecule has 0 bridgehead atoms. The zero-order valence-electron chi connectivity index (χ0n) is 19.7. The number of rotatable bonds is 8. The maximum Gasteiger partial charge on any atom is 0.260 e. The number of nitrogens with zero attached hydrogens (tertiary/aromatic N) is 3. The third kappa shape index (κ3) is 5.29. The zero-order valence-corrected chi connectivity index (χ0v) is 20.5. The molecule has 3 aromatic rings. The molecule has 0 unspecified atom stereocenters. The Labute approximate surface area is 198 Å². The van der Waals surface area contributed by atoms with Gasteiger partial charge in [0, 0.05) is 31.7 Å². The lowest BCUT2D eigenvalue weighted by atomic mass is 10.1. The summed E-state index contributed by atoms with van der Waals surface area (Å²) < 4.78 is 17.3. The summed E-state index contributed by atoms with van der Waals surface area (Å²) in [5, 5.41) is 0.719. The molecule has 176 valence electrons. The molecule has 0 aliphatic carbocycles. The van der Waals surface area contributed by atoms with Crippen molar-refractivity contribution in [3.8, 4) is 11.5 Å². The van der Waals surface area contributed by atoms with Crippen molar-refractivity contribution in [3.05, 3.63) is 47.0 Å². The van der Waals surface area contributed by atoms with Crippen LogP contribution in [0.5, 0.6) is 11.5 Å². The summed E-state index contributed by atoms with van der Waals surface area (Å²) in [6.07, 6.45) is 0.854. The van der Waals surface area contributed by atoms with Crippen molar-refractivity contribution in [2.24, 2.45) is 0 Å². The first-order valence-electron chi connectivity index (χ1n) is 11.2. The molecule has 2 aromatic carbocycles. The molecule has 0 spiro atoms. The van der Waals surface area contributed by atoms with Gasteiger partial charge < -0.3 is 14.2 Å². The lowest BCUT2D eigenvalue weighted by molar-refractivity contribution is 0.0376. The summed E-state index contributed by atoms with van der Waals surface area (Å²) in [6, 6.07) is 9.52. The molecule has 8 heteroatoms. The quantitative estimate of drug-likeness (QED) is 0.490. The van der Waals surface area contributed by atoms with Crippen LogP contribution in [0.25, 0.3) is 10.2 Å². The van der Waals surface area contributed by atoms with Crippen molar-refractivity contribution in [1.29, 1.82) is 0 Å². The molecule has 0 N–H and O–H groups in total. The number of methoxy groups -OCH3 is 2. The van der Waals surface area contributed by atoms with Crippen molar-refractivity contribution < 1.29 is 19.0 Å². The van der Waals surface area contributed by atoms with Crippen LogP contribution in [0.2, 0.25) is 0 Å². The SMILES string of the molecule is COc1ccc(C(=O)N(CCCN2CCOCC2)c2nc3cc(C)c(C)cc3s2)cc1OC. The van der Waals surface area contributed by atoms with E-state index in [1.165, 1.54) is 11.1 Å². The van der Waals surface area contributed by atoms with Crippen molar-refractivity contribution >= 4 is 32.6 Å². The van der Waals surface area contributed by atoms with E-state index in [4.69, 9.17) is 19.2 Å². The van der Waals surface area contributed by atoms with E-state index in [1.807, 2.05) is 0 Å². The maximum absolute atomic E-state index is 13.7. The number of hydrogen-bond donors (Lipinski definition) is 0. The van der Waals surface area contributed by atoms with Gasteiger partial charge in [-0.15, -0.1) is 0 Å². The molecule has 1 aliphatic heterocycles. The second kappa shape index (κ2) is 10.5. The molecule has 2 heterocycles. The van der Waals surface area contributed by atoms with E-state index in [1.54, 1.807) is 48.7 Å². The number of carbonyl (C=O) groups excluding carboxylic acids is 1. The van der Waals surface area contributed by atoms with E-state index >= 15 is 0 Å². The van der Waals surface area contributed by atoms with Crippen LogP contribution in [0.1, 0.15) is 27.9 Å². The Morgan fingerprint density at radius 3 is 2.55 bits per heavy atom. The highest BCUT2D eigenvalue weighted by Gasteiger charge is 2.23. The minimum absolute atomic E-state index is 0.0922. The van der Waals surface area contributed by atoms with Crippen molar-refractivity contribution in [2.75, 3.05) is 58.5 Å². The topological polar surface area (TPSA) is 64.1 Å². The first-order valence-corrected chi connectivity index (χ1v) is 12.0. The van der Waals surface area contributed by atoms with Crippen LogP contribution in [0, 0.1) is 13.8 Å². The summed E-state index contributed by atoms with van der Waals surface area (Å²) in [5.41, 5.74) is 3.90. The number of benzene rings is 2. The van der Waals surface area contributed by atoms with E-state index in [2.05, 4.69) is 30.9 Å². The lowest BCUT2D eigenvalue weighted by Gasteiger charge is -2.27. The van der Waals surface area contributed by atoms with Gasteiger partial charge in [-0.3, -0.25) is 14.6 Å². The van der Waals surface area contributed by atoms with Crippen molar-refractivity contribution in [1.82, 2.24) is 9.88 Å². The molecular formula is C25H31N3O4S. The highest BCUT2D eigenvalue weighted by molar-refractivity contribution is 7.22. The molecule has 1 amide bonds. The third-order valence-electron chi connectivity index (χ3n) is 6.06. The molecule has 1 aromatic heterocycles. The Bertz CT molecular complexity index is 1090. The number of fused-ring (bicyclic) bond motifs is 1. The van der Waals surface area contributed by atoms with Crippen LogP contribution in [0.3, 0.4) is 0 Å². The van der Waals surface area contributed by atoms with Crippen LogP contribution in [-0.2, 0) is 4.74 Å². The number of hydrogen-bond acceptors (Lipinski definition) is 7. The minimum Gasteiger partial charge on any atom is -0.493 e. The van der Waals surface area contributed by atoms with Crippen LogP contribution in [0.4, 0.5) is 5.13 Å². The second-order valence-electron chi connectivity index (χ2n) is 8.23. The molecule has 0 saturated carbocycles. The zero-order chi connectivity index (χ0) is 23.4. The van der Waals surface area contributed by atoms with Gasteiger partial charge in [0.05, 0.1) is 37.6 Å². The Morgan fingerprint density at radius 2 is 1.82 bits per heavy atom. The predicted octanol–water partition coefficient (Wildman–Crippen LogP) is 4.30. The van der Waals surface area contributed by atoms with Gasteiger partial charge in [0.2, 0.25) is 0 Å². The molecule has 33 heavy (non-hydrogen) atoms. The summed E-state index contributed by atoms with van der Waals surface area (Å²) in [4.78, 5) is 22.7. The van der Waals surface area contributed by atoms with Crippen LogP contribution in [0.15, 0.2) is 30.3 Å². The fraction of sp³-hybridized carbons (Fsp3) is 0.440. The number of morpholine rings is 1. The average molecular weight is 470 g/mol. The van der Waals surface area contributed by atoms with E-state index in [9.17, 15) is 4.79 Å². The van der Waals surface area contributed by atoms with E-state index in [0.29, 0.717) is 23.6 Å². The molecular weight excluding hydrogens is 438 g/mol. The van der Waals surface area contributed by atoms with E-state index in [0.717, 1.165) is 54.6 Å².